The summed E-state index contributed by atoms with van der Waals surface area (Å²) in [6.07, 6.45) is 11.8. The molecule has 0 bridgehead atoms. The maximum absolute atomic E-state index is 5.90. The van der Waals surface area contributed by atoms with Gasteiger partial charge in [0.2, 0.25) is 0 Å². The fourth-order valence-corrected chi connectivity index (χ4v) is 3.32. The van der Waals surface area contributed by atoms with E-state index in [9.17, 15) is 0 Å². The topological polar surface area (TPSA) is 30.3 Å². The highest BCUT2D eigenvalue weighted by atomic mass is 16.5. The van der Waals surface area contributed by atoms with Crippen molar-refractivity contribution < 1.29 is 4.74 Å². The highest BCUT2D eigenvalue weighted by Gasteiger charge is 2.20. The zero-order valence-corrected chi connectivity index (χ0v) is 11.9. The molecule has 1 saturated heterocycles. The van der Waals surface area contributed by atoms with Crippen LogP contribution < -0.4 is 4.74 Å². The smallest absolute Gasteiger partial charge is 0.157 e. The average Bonchev–Trinajstić information content (AvgIpc) is 3.06. The zero-order valence-electron chi connectivity index (χ0n) is 11.9. The average molecular weight is 263 g/mol. The van der Waals surface area contributed by atoms with Crippen molar-refractivity contribution in [1.82, 2.24) is 14.7 Å². The fraction of sp³-hybridized carbons (Fsp3) is 0.800. The van der Waals surface area contributed by atoms with E-state index < -0.39 is 0 Å². The summed E-state index contributed by atoms with van der Waals surface area (Å²) >= 11 is 0. The van der Waals surface area contributed by atoms with E-state index in [0.717, 1.165) is 18.9 Å². The minimum absolute atomic E-state index is 0.601. The predicted octanol–water partition coefficient (Wildman–Crippen LogP) is 2.72. The highest BCUT2D eigenvalue weighted by molar-refractivity contribution is 5.12. The van der Waals surface area contributed by atoms with Crippen LogP contribution in [0.3, 0.4) is 0 Å². The van der Waals surface area contributed by atoms with E-state index in [-0.39, 0.29) is 0 Å². The van der Waals surface area contributed by atoms with Crippen LogP contribution in [0.2, 0.25) is 0 Å². The van der Waals surface area contributed by atoms with E-state index >= 15 is 0 Å². The summed E-state index contributed by atoms with van der Waals surface area (Å²) in [6.45, 7) is 3.20. The highest BCUT2D eigenvalue weighted by Crippen LogP contribution is 2.28. The van der Waals surface area contributed by atoms with E-state index in [4.69, 9.17) is 4.74 Å². The van der Waals surface area contributed by atoms with Gasteiger partial charge in [-0.15, -0.1) is 0 Å². The zero-order chi connectivity index (χ0) is 13.1. The largest absolute Gasteiger partial charge is 0.490 e. The lowest BCUT2D eigenvalue weighted by Gasteiger charge is -2.21. The Balaban J connectivity index is 1.50. The van der Waals surface area contributed by atoms with Crippen LogP contribution in [0.4, 0.5) is 0 Å². The number of rotatable bonds is 4. The van der Waals surface area contributed by atoms with Crippen LogP contribution in [0.5, 0.6) is 5.75 Å². The van der Waals surface area contributed by atoms with Crippen molar-refractivity contribution in [2.24, 2.45) is 5.92 Å². The minimum atomic E-state index is 0.601. The van der Waals surface area contributed by atoms with Gasteiger partial charge >= 0.3 is 0 Å². The minimum Gasteiger partial charge on any atom is -0.490 e. The Morgan fingerprint density at radius 2 is 2.11 bits per heavy atom. The summed E-state index contributed by atoms with van der Waals surface area (Å²) in [6, 6.07) is 0.601. The van der Waals surface area contributed by atoms with E-state index in [0.29, 0.717) is 12.0 Å². The number of hydrogen-bond donors (Lipinski definition) is 0. The van der Waals surface area contributed by atoms with E-state index in [2.05, 4.69) is 27.9 Å². The molecule has 2 aliphatic rings. The second kappa shape index (κ2) is 5.95. The standard InChI is InChI=1S/C15H25N3O/c1-17-8-7-13(10-17)12-19-15-9-16-18(11-15)14-5-3-2-4-6-14/h9,11,13-14H,2-8,10,12H2,1H3. The van der Waals surface area contributed by atoms with Gasteiger partial charge in [0, 0.05) is 12.5 Å². The van der Waals surface area contributed by atoms with Gasteiger partial charge in [0.05, 0.1) is 25.0 Å². The first kappa shape index (κ1) is 13.0. The Bertz CT molecular complexity index is 398. The third-order valence-electron chi connectivity index (χ3n) is 4.50. The number of nitrogens with zero attached hydrogens (tertiary/aromatic N) is 3. The molecule has 0 amide bonds. The van der Waals surface area contributed by atoms with Gasteiger partial charge in [-0.05, 0) is 32.9 Å². The molecular weight excluding hydrogens is 238 g/mol. The summed E-state index contributed by atoms with van der Waals surface area (Å²) in [7, 11) is 2.18. The maximum atomic E-state index is 5.90. The molecule has 2 heterocycles. The van der Waals surface area contributed by atoms with Crippen LogP contribution >= 0.6 is 0 Å². The Kier molecular flexibility index (Phi) is 4.06. The van der Waals surface area contributed by atoms with Crippen molar-refractivity contribution in [2.75, 3.05) is 26.7 Å². The molecule has 2 fully saturated rings. The summed E-state index contributed by atoms with van der Waals surface area (Å²) in [5.74, 6) is 1.63. The van der Waals surface area contributed by atoms with Gasteiger partial charge in [-0.1, -0.05) is 19.3 Å². The lowest BCUT2D eigenvalue weighted by molar-refractivity contribution is 0.248. The van der Waals surface area contributed by atoms with E-state index in [1.165, 1.54) is 45.1 Å². The SMILES string of the molecule is CN1CCC(COc2cnn(C3CCCCC3)c2)C1. The Morgan fingerprint density at radius 1 is 1.26 bits per heavy atom. The lowest BCUT2D eigenvalue weighted by atomic mass is 9.96. The van der Waals surface area contributed by atoms with Gasteiger partial charge in [0.1, 0.15) is 0 Å². The first-order valence-electron chi connectivity index (χ1n) is 7.67. The van der Waals surface area contributed by atoms with Crippen molar-refractivity contribution in [3.05, 3.63) is 12.4 Å². The molecule has 3 rings (SSSR count). The first-order valence-corrected chi connectivity index (χ1v) is 7.67. The molecule has 19 heavy (non-hydrogen) atoms. The Labute approximate surface area is 115 Å². The van der Waals surface area contributed by atoms with Gasteiger partial charge in [-0.2, -0.15) is 5.10 Å². The normalized spacial score (nSPS) is 25.8. The molecule has 4 heteroatoms. The van der Waals surface area contributed by atoms with Crippen LogP contribution in [0.1, 0.15) is 44.6 Å². The molecule has 1 unspecified atom stereocenters. The monoisotopic (exact) mass is 263 g/mol. The number of hydrogen-bond acceptors (Lipinski definition) is 3. The second-order valence-corrected chi connectivity index (χ2v) is 6.18. The lowest BCUT2D eigenvalue weighted by Crippen LogP contribution is -2.17. The third-order valence-corrected chi connectivity index (χ3v) is 4.50. The van der Waals surface area contributed by atoms with Gasteiger partial charge < -0.3 is 9.64 Å². The molecule has 1 aliphatic heterocycles. The molecule has 0 N–H and O–H groups in total. The van der Waals surface area contributed by atoms with Crippen molar-refractivity contribution in [1.29, 1.82) is 0 Å². The van der Waals surface area contributed by atoms with Crippen LogP contribution in [0.15, 0.2) is 12.4 Å². The first-order chi connectivity index (χ1) is 9.31. The molecule has 0 radical (unpaired) electrons. The molecule has 0 spiro atoms. The van der Waals surface area contributed by atoms with Crippen LogP contribution in [-0.4, -0.2) is 41.4 Å². The predicted molar refractivity (Wildman–Crippen MR) is 75.4 cm³/mol. The summed E-state index contributed by atoms with van der Waals surface area (Å²) < 4.78 is 8.02. The maximum Gasteiger partial charge on any atom is 0.157 e. The van der Waals surface area contributed by atoms with Crippen molar-refractivity contribution in [2.45, 2.75) is 44.6 Å². The van der Waals surface area contributed by atoms with Crippen molar-refractivity contribution in [3.63, 3.8) is 0 Å². The number of ether oxygens (including phenoxy) is 1. The Hall–Kier alpha value is -1.03. The molecule has 1 aliphatic carbocycles. The molecule has 4 nitrogen and oxygen atoms in total. The molecule has 1 aromatic rings. The van der Waals surface area contributed by atoms with Crippen LogP contribution in [-0.2, 0) is 0 Å². The van der Waals surface area contributed by atoms with Crippen LogP contribution in [0, 0.1) is 5.92 Å². The molecule has 1 atom stereocenters. The van der Waals surface area contributed by atoms with E-state index in [1.807, 2.05) is 6.20 Å². The molecular formula is C15H25N3O. The number of aromatic nitrogens is 2. The molecule has 1 saturated carbocycles. The van der Waals surface area contributed by atoms with Gasteiger partial charge in [-0.25, -0.2) is 0 Å². The fourth-order valence-electron chi connectivity index (χ4n) is 3.32. The van der Waals surface area contributed by atoms with Gasteiger partial charge in [0.25, 0.3) is 0 Å². The third kappa shape index (κ3) is 3.30. The summed E-state index contributed by atoms with van der Waals surface area (Å²) in [4.78, 5) is 2.37. The molecule has 0 aromatic carbocycles. The second-order valence-electron chi connectivity index (χ2n) is 6.18. The van der Waals surface area contributed by atoms with Crippen molar-refractivity contribution in [3.8, 4) is 5.75 Å². The molecule has 106 valence electrons. The number of likely N-dealkylation sites (tertiary alicyclic amines) is 1. The summed E-state index contributed by atoms with van der Waals surface area (Å²) in [5, 5.41) is 4.48. The molecule has 1 aromatic heterocycles. The Morgan fingerprint density at radius 3 is 2.84 bits per heavy atom. The summed E-state index contributed by atoms with van der Waals surface area (Å²) in [5.41, 5.74) is 0. The quantitative estimate of drug-likeness (QED) is 0.836. The van der Waals surface area contributed by atoms with E-state index in [1.54, 1.807) is 0 Å². The van der Waals surface area contributed by atoms with Crippen LogP contribution in [0.25, 0.3) is 0 Å². The van der Waals surface area contributed by atoms with Gasteiger partial charge in [0.15, 0.2) is 5.75 Å². The van der Waals surface area contributed by atoms with Gasteiger partial charge in [-0.3, -0.25) is 4.68 Å². The van der Waals surface area contributed by atoms with Crippen molar-refractivity contribution >= 4 is 0 Å².